The molecule has 0 spiro atoms. The highest BCUT2D eigenvalue weighted by Crippen LogP contribution is 2.35. The quantitative estimate of drug-likeness (QED) is 0.834. The number of hydrogen-bond acceptors (Lipinski definition) is 4. The van der Waals surface area contributed by atoms with Gasteiger partial charge in [-0.2, -0.15) is 10.1 Å². The number of nitrogens with one attached hydrogen (secondary N) is 1. The Morgan fingerprint density at radius 3 is 3.04 bits per heavy atom. The maximum absolute atomic E-state index is 13.5. The first-order chi connectivity index (χ1) is 12.6. The molecule has 2 aliphatic heterocycles. The summed E-state index contributed by atoms with van der Waals surface area (Å²) < 4.78 is 28.2. The molecule has 0 bridgehead atoms. The van der Waals surface area contributed by atoms with Crippen molar-refractivity contribution in [3.8, 4) is 0 Å². The second-order valence-electron chi connectivity index (χ2n) is 7.63. The number of alkyl halides is 2. The fourth-order valence-corrected chi connectivity index (χ4v) is 4.48. The van der Waals surface area contributed by atoms with Gasteiger partial charge in [-0.1, -0.05) is 12.2 Å². The predicted octanol–water partition coefficient (Wildman–Crippen LogP) is 2.86. The van der Waals surface area contributed by atoms with Crippen molar-refractivity contribution in [2.45, 2.75) is 57.0 Å². The van der Waals surface area contributed by atoms with E-state index in [1.54, 1.807) is 0 Å². The number of fused-ring (bicyclic) bond motifs is 1. The fourth-order valence-electron chi connectivity index (χ4n) is 4.48. The average Bonchev–Trinajstić information content (AvgIpc) is 3.32. The number of amides is 1. The zero-order valence-electron chi connectivity index (χ0n) is 14.7. The summed E-state index contributed by atoms with van der Waals surface area (Å²) in [5.74, 6) is 1.12. The summed E-state index contributed by atoms with van der Waals surface area (Å²) >= 11 is 0. The lowest BCUT2D eigenvalue weighted by molar-refractivity contribution is -0.133. The van der Waals surface area contributed by atoms with Crippen molar-refractivity contribution < 1.29 is 13.6 Å². The van der Waals surface area contributed by atoms with Gasteiger partial charge < -0.3 is 10.2 Å². The third-order valence-electron chi connectivity index (χ3n) is 5.92. The Hall–Kier alpha value is -1.99. The number of hydrogen-bond donors (Lipinski definition) is 1. The van der Waals surface area contributed by atoms with E-state index in [1.165, 1.54) is 11.0 Å². The minimum absolute atomic E-state index is 0.104. The lowest BCUT2D eigenvalue weighted by atomic mass is 9.86. The molecule has 26 heavy (non-hydrogen) atoms. The number of carbonyl (C=O) groups is 1. The highest BCUT2D eigenvalue weighted by molar-refractivity contribution is 5.76. The molecule has 4 rings (SSSR count). The molecule has 0 radical (unpaired) electrons. The molecule has 1 saturated heterocycles. The van der Waals surface area contributed by atoms with Crippen LogP contribution in [-0.4, -0.2) is 51.1 Å². The first-order valence-electron chi connectivity index (χ1n) is 9.50. The van der Waals surface area contributed by atoms with Crippen LogP contribution in [0.5, 0.6) is 0 Å². The molecule has 8 heteroatoms. The maximum Gasteiger partial charge on any atom is 0.260 e. The van der Waals surface area contributed by atoms with Crippen LogP contribution < -0.4 is 5.32 Å². The molecule has 4 atom stereocenters. The molecule has 3 aliphatic rings. The molecule has 1 aliphatic carbocycles. The largest absolute Gasteiger partial charge is 0.351 e. The number of piperidine rings is 1. The molecule has 1 N–H and O–H groups in total. The monoisotopic (exact) mass is 365 g/mol. The number of rotatable bonds is 4. The van der Waals surface area contributed by atoms with Crippen LogP contribution >= 0.6 is 0 Å². The summed E-state index contributed by atoms with van der Waals surface area (Å²) in [5.41, 5.74) is 0. The lowest BCUT2D eigenvalue weighted by Crippen LogP contribution is -2.48. The Morgan fingerprint density at radius 1 is 1.38 bits per heavy atom. The van der Waals surface area contributed by atoms with Gasteiger partial charge in [-0.25, -0.2) is 13.5 Å². The van der Waals surface area contributed by atoms with Gasteiger partial charge in [-0.05, 0) is 43.9 Å². The van der Waals surface area contributed by atoms with Crippen LogP contribution in [-0.2, 0) is 4.79 Å². The molecule has 1 aromatic rings. The first-order valence-corrected chi connectivity index (χ1v) is 9.50. The van der Waals surface area contributed by atoms with Crippen LogP contribution in [0.4, 0.5) is 14.7 Å². The highest BCUT2D eigenvalue weighted by Gasteiger charge is 2.39. The van der Waals surface area contributed by atoms with E-state index in [-0.39, 0.29) is 17.9 Å². The van der Waals surface area contributed by atoms with Gasteiger partial charge in [0.25, 0.3) is 6.43 Å². The van der Waals surface area contributed by atoms with Gasteiger partial charge in [0.2, 0.25) is 11.9 Å². The number of likely N-dealkylation sites (tertiary alicyclic amines) is 1. The zero-order chi connectivity index (χ0) is 18.1. The average molecular weight is 365 g/mol. The topological polar surface area (TPSA) is 63.1 Å². The molecule has 1 fully saturated rings. The lowest BCUT2D eigenvalue weighted by Gasteiger charge is -2.40. The van der Waals surface area contributed by atoms with E-state index in [4.69, 9.17) is 0 Å². The van der Waals surface area contributed by atoms with Crippen LogP contribution in [0.1, 0.15) is 44.6 Å². The van der Waals surface area contributed by atoms with Crippen LogP contribution in [0.3, 0.4) is 0 Å². The normalized spacial score (nSPS) is 31.1. The third kappa shape index (κ3) is 3.46. The summed E-state index contributed by atoms with van der Waals surface area (Å²) in [6.07, 6.45) is 7.96. The number of nitrogens with zero attached hydrogens (tertiary/aromatic N) is 4. The zero-order valence-corrected chi connectivity index (χ0v) is 14.7. The van der Waals surface area contributed by atoms with Gasteiger partial charge in [0.15, 0.2) is 0 Å². The van der Waals surface area contributed by atoms with Crippen molar-refractivity contribution in [1.82, 2.24) is 19.7 Å². The summed E-state index contributed by atoms with van der Waals surface area (Å²) in [6.45, 7) is 1.41. The predicted molar refractivity (Wildman–Crippen MR) is 92.9 cm³/mol. The minimum atomic E-state index is -2.48. The van der Waals surface area contributed by atoms with Gasteiger partial charge in [0, 0.05) is 25.6 Å². The minimum Gasteiger partial charge on any atom is -0.351 e. The number of carbonyl (C=O) groups excluding carboxylic acids is 1. The molecule has 3 heterocycles. The van der Waals surface area contributed by atoms with E-state index in [9.17, 15) is 13.6 Å². The maximum atomic E-state index is 13.5. The molecule has 1 amide bonds. The second-order valence-corrected chi connectivity index (χ2v) is 7.63. The van der Waals surface area contributed by atoms with E-state index in [1.807, 2.05) is 4.90 Å². The summed E-state index contributed by atoms with van der Waals surface area (Å²) in [5, 5.41) is 7.20. The SMILES string of the molecule is O=C(C[C@H]1C=CCC1)N1CCC[C@@H]([C@@H]2C[C@H](C(F)F)n3ncnc3N2)C1. The summed E-state index contributed by atoms with van der Waals surface area (Å²) in [4.78, 5) is 18.6. The van der Waals surface area contributed by atoms with Crippen molar-refractivity contribution in [3.05, 3.63) is 18.5 Å². The highest BCUT2D eigenvalue weighted by atomic mass is 19.3. The molecule has 0 aromatic carbocycles. The van der Waals surface area contributed by atoms with Crippen molar-refractivity contribution in [1.29, 1.82) is 0 Å². The van der Waals surface area contributed by atoms with E-state index < -0.39 is 12.5 Å². The smallest absolute Gasteiger partial charge is 0.260 e. The molecular weight excluding hydrogens is 340 g/mol. The fraction of sp³-hybridized carbons (Fsp3) is 0.722. The van der Waals surface area contributed by atoms with Crippen molar-refractivity contribution >= 4 is 11.9 Å². The van der Waals surface area contributed by atoms with E-state index in [2.05, 4.69) is 27.6 Å². The molecular formula is C18H25F2N5O. The second kappa shape index (κ2) is 7.32. The van der Waals surface area contributed by atoms with Crippen molar-refractivity contribution in [3.63, 3.8) is 0 Å². The molecule has 142 valence electrons. The van der Waals surface area contributed by atoms with Crippen LogP contribution in [0.15, 0.2) is 18.5 Å². The number of aromatic nitrogens is 3. The Balaban J connectivity index is 1.41. The number of halogens is 2. The van der Waals surface area contributed by atoms with Gasteiger partial charge in [0.1, 0.15) is 12.4 Å². The summed E-state index contributed by atoms with van der Waals surface area (Å²) in [6, 6.07) is -1.05. The van der Waals surface area contributed by atoms with Gasteiger partial charge in [-0.3, -0.25) is 4.79 Å². The Kier molecular flexibility index (Phi) is 4.91. The van der Waals surface area contributed by atoms with Crippen molar-refractivity contribution in [2.75, 3.05) is 18.4 Å². The van der Waals surface area contributed by atoms with Gasteiger partial charge >= 0.3 is 0 Å². The molecule has 0 saturated carbocycles. The molecule has 1 aromatic heterocycles. The van der Waals surface area contributed by atoms with Crippen molar-refractivity contribution in [2.24, 2.45) is 11.8 Å². The van der Waals surface area contributed by atoms with E-state index in [0.717, 1.165) is 32.2 Å². The first kappa shape index (κ1) is 17.4. The van der Waals surface area contributed by atoms with E-state index >= 15 is 0 Å². The summed E-state index contributed by atoms with van der Waals surface area (Å²) in [7, 11) is 0. The Morgan fingerprint density at radius 2 is 2.27 bits per heavy atom. The van der Waals surface area contributed by atoms with Crippen LogP contribution in [0.2, 0.25) is 0 Å². The van der Waals surface area contributed by atoms with Gasteiger partial charge in [0.05, 0.1) is 0 Å². The molecule has 0 unspecified atom stereocenters. The van der Waals surface area contributed by atoms with E-state index in [0.29, 0.717) is 31.3 Å². The Labute approximate surface area is 151 Å². The molecule has 6 nitrogen and oxygen atoms in total. The number of allylic oxidation sites excluding steroid dienone is 2. The Bertz CT molecular complexity index is 676. The third-order valence-corrected chi connectivity index (χ3v) is 5.92. The number of anilines is 1. The standard InChI is InChI=1S/C18H25F2N5O/c19-17(20)15-9-14(23-18-21-11-22-25(15)18)13-6-3-7-24(10-13)16(26)8-12-4-1-2-5-12/h1,4,11-15,17H,2-3,5-10H2,(H,21,22,23)/t12-,13+,14-,15+/m0/s1. The van der Waals surface area contributed by atoms with Crippen LogP contribution in [0.25, 0.3) is 0 Å². The van der Waals surface area contributed by atoms with Crippen LogP contribution in [0, 0.1) is 11.8 Å². The van der Waals surface area contributed by atoms with Gasteiger partial charge in [-0.15, -0.1) is 0 Å².